The Balaban J connectivity index is 1.29. The quantitative estimate of drug-likeness (QED) is 0.471. The van der Waals surface area contributed by atoms with Crippen molar-refractivity contribution in [2.75, 3.05) is 5.32 Å². The molecule has 7 heteroatoms. The summed E-state index contributed by atoms with van der Waals surface area (Å²) in [5.41, 5.74) is 4.70. The van der Waals surface area contributed by atoms with Crippen molar-refractivity contribution in [3.05, 3.63) is 88.4 Å². The fourth-order valence-corrected chi connectivity index (χ4v) is 5.15. The van der Waals surface area contributed by atoms with E-state index in [4.69, 9.17) is 11.6 Å². The van der Waals surface area contributed by atoms with Gasteiger partial charge in [-0.05, 0) is 78.4 Å². The Morgan fingerprint density at radius 2 is 1.66 bits per heavy atom. The number of rotatable bonds is 5. The Hall–Kier alpha value is -3.64. The zero-order valence-corrected chi connectivity index (χ0v) is 19.8. The predicted octanol–water partition coefficient (Wildman–Crippen LogP) is 5.86. The van der Waals surface area contributed by atoms with E-state index >= 15 is 0 Å². The van der Waals surface area contributed by atoms with Crippen LogP contribution < -0.4 is 5.32 Å². The minimum Gasteiger partial charge on any atom is -0.481 e. The van der Waals surface area contributed by atoms with Gasteiger partial charge in [0.1, 0.15) is 0 Å². The summed E-state index contributed by atoms with van der Waals surface area (Å²) in [7, 11) is 0. The molecule has 2 unspecified atom stereocenters. The van der Waals surface area contributed by atoms with Gasteiger partial charge in [0, 0.05) is 34.4 Å². The van der Waals surface area contributed by atoms with Crippen LogP contribution >= 0.6 is 11.6 Å². The number of hydrogen-bond acceptors (Lipinski definition) is 3. The highest BCUT2D eigenvalue weighted by atomic mass is 35.5. The lowest BCUT2D eigenvalue weighted by atomic mass is 9.85. The maximum atomic E-state index is 13.2. The zero-order valence-electron chi connectivity index (χ0n) is 19.0. The summed E-state index contributed by atoms with van der Waals surface area (Å²) in [6.07, 6.45) is 2.87. The lowest BCUT2D eigenvalue weighted by Crippen LogP contribution is -2.40. The molecule has 178 valence electrons. The summed E-state index contributed by atoms with van der Waals surface area (Å²) < 4.78 is 0. The molecule has 1 aliphatic heterocycles. The second kappa shape index (κ2) is 9.55. The first-order valence-electron chi connectivity index (χ1n) is 11.7. The topological polar surface area (TPSA) is 86.7 Å². The van der Waals surface area contributed by atoms with Gasteiger partial charge in [0.2, 0.25) is 0 Å². The smallest absolute Gasteiger partial charge is 0.306 e. The van der Waals surface area contributed by atoms with Gasteiger partial charge < -0.3 is 15.3 Å². The monoisotopic (exact) mass is 488 g/mol. The van der Waals surface area contributed by atoms with E-state index in [0.717, 1.165) is 29.5 Å². The molecule has 0 bridgehead atoms. The molecule has 0 radical (unpaired) electrons. The van der Waals surface area contributed by atoms with Crippen LogP contribution in [0.1, 0.15) is 52.0 Å². The van der Waals surface area contributed by atoms with Gasteiger partial charge >= 0.3 is 5.97 Å². The molecule has 5 rings (SSSR count). The van der Waals surface area contributed by atoms with Gasteiger partial charge in [-0.3, -0.25) is 14.4 Å². The van der Waals surface area contributed by atoms with E-state index in [2.05, 4.69) is 5.32 Å². The maximum Gasteiger partial charge on any atom is 0.306 e. The molecular weight excluding hydrogens is 464 g/mol. The Morgan fingerprint density at radius 1 is 0.943 bits per heavy atom. The van der Waals surface area contributed by atoms with Crippen LogP contribution in [0.3, 0.4) is 0 Å². The molecule has 1 heterocycles. The number of nitrogens with zero attached hydrogens (tertiary/aromatic N) is 1. The number of carbonyl (C=O) groups is 3. The van der Waals surface area contributed by atoms with Gasteiger partial charge in [-0.1, -0.05) is 42.3 Å². The largest absolute Gasteiger partial charge is 0.481 e. The van der Waals surface area contributed by atoms with Crippen molar-refractivity contribution in [2.45, 2.75) is 38.3 Å². The van der Waals surface area contributed by atoms with Crippen LogP contribution in [0.15, 0.2) is 66.7 Å². The van der Waals surface area contributed by atoms with E-state index in [1.807, 2.05) is 47.4 Å². The molecular formula is C28H25ClN2O4. The van der Waals surface area contributed by atoms with E-state index in [0.29, 0.717) is 41.2 Å². The molecule has 2 atom stereocenters. The molecule has 2 amide bonds. The molecule has 3 aromatic rings. The van der Waals surface area contributed by atoms with Crippen molar-refractivity contribution in [2.24, 2.45) is 5.92 Å². The van der Waals surface area contributed by atoms with Crippen molar-refractivity contribution in [3.63, 3.8) is 0 Å². The number of carbonyl (C=O) groups excluding carboxylic acids is 2. The molecule has 0 spiro atoms. The highest BCUT2D eigenvalue weighted by molar-refractivity contribution is 6.30. The van der Waals surface area contributed by atoms with Crippen LogP contribution in [0.2, 0.25) is 5.02 Å². The van der Waals surface area contributed by atoms with Crippen molar-refractivity contribution < 1.29 is 19.5 Å². The third-order valence-electron chi connectivity index (χ3n) is 6.96. The second-order valence-corrected chi connectivity index (χ2v) is 9.64. The standard InChI is InChI=1S/C28H25ClN2O4/c29-22-10-6-18(7-11-22)26(32)30-23-12-8-17(9-13-23)19-4-5-21-16-31(27(33)25(21)15-19)24-3-1-2-20(14-24)28(34)35/h4-13,15,20,24H,1-3,14,16H2,(H,30,32)(H,34,35). The Morgan fingerprint density at radius 3 is 2.37 bits per heavy atom. The molecule has 0 aromatic heterocycles. The number of amides is 2. The number of halogens is 1. The van der Waals surface area contributed by atoms with Gasteiger partial charge in [-0.2, -0.15) is 0 Å². The van der Waals surface area contributed by atoms with Gasteiger partial charge in [0.15, 0.2) is 0 Å². The Kier molecular flexibility index (Phi) is 6.31. The molecule has 1 saturated carbocycles. The van der Waals surface area contributed by atoms with E-state index in [-0.39, 0.29) is 23.8 Å². The Bertz CT molecular complexity index is 1290. The first kappa shape index (κ1) is 23.1. The maximum absolute atomic E-state index is 13.2. The van der Waals surface area contributed by atoms with Gasteiger partial charge in [-0.25, -0.2) is 0 Å². The van der Waals surface area contributed by atoms with Gasteiger partial charge in [0.05, 0.1) is 5.92 Å². The first-order valence-corrected chi connectivity index (χ1v) is 12.1. The van der Waals surface area contributed by atoms with Crippen molar-refractivity contribution in [1.29, 1.82) is 0 Å². The minimum atomic E-state index is -0.769. The highest BCUT2D eigenvalue weighted by Gasteiger charge is 2.37. The van der Waals surface area contributed by atoms with Crippen molar-refractivity contribution in [3.8, 4) is 11.1 Å². The van der Waals surface area contributed by atoms with E-state index in [9.17, 15) is 19.5 Å². The second-order valence-electron chi connectivity index (χ2n) is 9.20. The SMILES string of the molecule is O=C(Nc1ccc(-c2ccc3c(c2)C(=O)N(C2CCCC(C(=O)O)C2)C3)cc1)c1ccc(Cl)cc1. The fourth-order valence-electron chi connectivity index (χ4n) is 5.02. The van der Waals surface area contributed by atoms with E-state index < -0.39 is 5.97 Å². The number of carboxylic acids is 1. The van der Waals surface area contributed by atoms with Gasteiger partial charge in [0.25, 0.3) is 11.8 Å². The summed E-state index contributed by atoms with van der Waals surface area (Å²) in [5, 5.41) is 12.9. The van der Waals surface area contributed by atoms with Crippen LogP contribution in [0.5, 0.6) is 0 Å². The van der Waals surface area contributed by atoms with Crippen LogP contribution in [0.4, 0.5) is 5.69 Å². The molecule has 35 heavy (non-hydrogen) atoms. The summed E-state index contributed by atoms with van der Waals surface area (Å²) >= 11 is 5.88. The van der Waals surface area contributed by atoms with Crippen LogP contribution in [-0.2, 0) is 11.3 Å². The van der Waals surface area contributed by atoms with E-state index in [1.165, 1.54) is 0 Å². The normalized spacial score (nSPS) is 19.3. The Labute approximate surface area is 208 Å². The average molecular weight is 489 g/mol. The third kappa shape index (κ3) is 4.80. The summed E-state index contributed by atoms with van der Waals surface area (Å²) in [5.74, 6) is -1.39. The summed E-state index contributed by atoms with van der Waals surface area (Å²) in [4.78, 5) is 38.9. The summed E-state index contributed by atoms with van der Waals surface area (Å²) in [6.45, 7) is 0.529. The first-order chi connectivity index (χ1) is 16.9. The van der Waals surface area contributed by atoms with Crippen LogP contribution in [0, 0.1) is 5.92 Å². The average Bonchev–Trinajstić information content (AvgIpc) is 3.20. The lowest BCUT2D eigenvalue weighted by Gasteiger charge is -2.33. The molecule has 2 aliphatic rings. The number of carboxylic acid groups (broad SMARTS) is 1. The molecule has 1 aliphatic carbocycles. The molecule has 6 nitrogen and oxygen atoms in total. The lowest BCUT2D eigenvalue weighted by molar-refractivity contribution is -0.143. The number of anilines is 1. The fraction of sp³-hybridized carbons (Fsp3) is 0.250. The van der Waals surface area contributed by atoms with Crippen LogP contribution in [-0.4, -0.2) is 33.8 Å². The highest BCUT2D eigenvalue weighted by Crippen LogP contribution is 2.35. The number of nitrogens with one attached hydrogen (secondary N) is 1. The molecule has 3 aromatic carbocycles. The van der Waals surface area contributed by atoms with Gasteiger partial charge in [-0.15, -0.1) is 0 Å². The zero-order chi connectivity index (χ0) is 24.5. The molecule has 2 N–H and O–H groups in total. The molecule has 1 fully saturated rings. The van der Waals surface area contributed by atoms with Crippen LogP contribution in [0.25, 0.3) is 11.1 Å². The number of aliphatic carboxylic acids is 1. The minimum absolute atomic E-state index is 0.0234. The van der Waals surface area contributed by atoms with Crippen molar-refractivity contribution >= 4 is 35.1 Å². The third-order valence-corrected chi connectivity index (χ3v) is 7.21. The molecule has 0 saturated heterocycles. The predicted molar refractivity (Wildman–Crippen MR) is 135 cm³/mol. The number of benzene rings is 3. The van der Waals surface area contributed by atoms with E-state index in [1.54, 1.807) is 24.3 Å². The summed E-state index contributed by atoms with van der Waals surface area (Å²) in [6, 6.07) is 20.0. The number of fused-ring (bicyclic) bond motifs is 1. The number of hydrogen-bond donors (Lipinski definition) is 2. The van der Waals surface area contributed by atoms with Crippen molar-refractivity contribution in [1.82, 2.24) is 4.90 Å².